The van der Waals surface area contributed by atoms with E-state index in [-0.39, 0.29) is 18.3 Å². The topological polar surface area (TPSA) is 41.1 Å². The molecule has 2 atom stereocenters. The van der Waals surface area contributed by atoms with Crippen molar-refractivity contribution in [3.63, 3.8) is 0 Å². The van der Waals surface area contributed by atoms with Gasteiger partial charge in [0.25, 0.3) is 5.91 Å². The van der Waals surface area contributed by atoms with Gasteiger partial charge in [-0.3, -0.25) is 4.79 Å². The maximum Gasteiger partial charge on any atom is 0.252 e. The first kappa shape index (κ1) is 13.4. The molecule has 1 aliphatic heterocycles. The summed E-state index contributed by atoms with van der Waals surface area (Å²) >= 11 is 0. The van der Waals surface area contributed by atoms with Crippen molar-refractivity contribution in [2.24, 2.45) is 11.8 Å². The van der Waals surface area contributed by atoms with Gasteiger partial charge < -0.3 is 10.6 Å². The van der Waals surface area contributed by atoms with Gasteiger partial charge in [0.15, 0.2) is 0 Å². The van der Waals surface area contributed by atoms with E-state index in [0.717, 1.165) is 29.4 Å². The minimum absolute atomic E-state index is 0. The number of rotatable bonds is 2. The first-order valence-corrected chi connectivity index (χ1v) is 6.84. The van der Waals surface area contributed by atoms with Crippen LogP contribution in [0.1, 0.15) is 10.4 Å². The molecule has 1 saturated carbocycles. The fourth-order valence-electron chi connectivity index (χ4n) is 3.28. The standard InChI is InChI=1S/C16H16N2O.ClH/c19-16(18-15-13-8-17-9-14(13)15)12-7-3-5-10-4-1-2-6-11(10)12;/h1-7,13-15,17H,8-9H2,(H,18,19);1H. The quantitative estimate of drug-likeness (QED) is 0.890. The average Bonchev–Trinajstić information content (AvgIpc) is 2.88. The van der Waals surface area contributed by atoms with Gasteiger partial charge in [-0.1, -0.05) is 36.4 Å². The summed E-state index contributed by atoms with van der Waals surface area (Å²) in [6.07, 6.45) is 0. The lowest BCUT2D eigenvalue weighted by Crippen LogP contribution is -2.32. The number of amides is 1. The largest absolute Gasteiger partial charge is 0.349 e. The number of nitrogens with one attached hydrogen (secondary N) is 2. The van der Waals surface area contributed by atoms with E-state index in [1.807, 2.05) is 42.5 Å². The Morgan fingerprint density at radius 3 is 2.55 bits per heavy atom. The molecule has 2 aliphatic rings. The Morgan fingerprint density at radius 1 is 1.05 bits per heavy atom. The molecule has 0 aromatic heterocycles. The molecule has 2 fully saturated rings. The highest BCUT2D eigenvalue weighted by Crippen LogP contribution is 2.41. The van der Waals surface area contributed by atoms with Crippen LogP contribution in [0.2, 0.25) is 0 Å². The van der Waals surface area contributed by atoms with Crippen molar-refractivity contribution in [1.82, 2.24) is 10.6 Å². The zero-order chi connectivity index (χ0) is 12.8. The zero-order valence-electron chi connectivity index (χ0n) is 11.0. The first-order valence-electron chi connectivity index (χ1n) is 6.84. The molecule has 2 unspecified atom stereocenters. The van der Waals surface area contributed by atoms with Crippen LogP contribution in [0.3, 0.4) is 0 Å². The molecule has 104 valence electrons. The van der Waals surface area contributed by atoms with Gasteiger partial charge in [0.2, 0.25) is 0 Å². The van der Waals surface area contributed by atoms with E-state index < -0.39 is 0 Å². The van der Waals surface area contributed by atoms with Gasteiger partial charge in [-0.05, 0) is 28.7 Å². The highest BCUT2D eigenvalue weighted by molar-refractivity contribution is 6.07. The van der Waals surface area contributed by atoms with E-state index >= 15 is 0 Å². The van der Waals surface area contributed by atoms with Crippen LogP contribution in [-0.2, 0) is 0 Å². The second kappa shape index (κ2) is 5.08. The van der Waals surface area contributed by atoms with E-state index in [4.69, 9.17) is 0 Å². The molecule has 20 heavy (non-hydrogen) atoms. The Bertz CT molecular complexity index is 642. The maximum absolute atomic E-state index is 12.4. The van der Waals surface area contributed by atoms with Crippen LogP contribution in [-0.4, -0.2) is 25.0 Å². The van der Waals surface area contributed by atoms with E-state index in [9.17, 15) is 4.79 Å². The van der Waals surface area contributed by atoms with Crippen LogP contribution in [0.5, 0.6) is 0 Å². The predicted molar refractivity (Wildman–Crippen MR) is 82.3 cm³/mol. The third-order valence-corrected chi connectivity index (χ3v) is 4.42. The lowest BCUT2D eigenvalue weighted by Gasteiger charge is -2.09. The molecular weight excluding hydrogens is 272 g/mol. The first-order chi connectivity index (χ1) is 9.34. The van der Waals surface area contributed by atoms with E-state index in [2.05, 4.69) is 10.6 Å². The second-order valence-corrected chi connectivity index (χ2v) is 5.51. The molecule has 1 aliphatic carbocycles. The molecule has 4 heteroatoms. The molecule has 2 aromatic carbocycles. The number of fused-ring (bicyclic) bond motifs is 2. The van der Waals surface area contributed by atoms with Crippen molar-refractivity contribution in [2.45, 2.75) is 6.04 Å². The summed E-state index contributed by atoms with van der Waals surface area (Å²) in [4.78, 5) is 12.4. The molecule has 3 nitrogen and oxygen atoms in total. The summed E-state index contributed by atoms with van der Waals surface area (Å²) in [5, 5.41) is 8.68. The van der Waals surface area contributed by atoms with Gasteiger partial charge in [0, 0.05) is 24.7 Å². The van der Waals surface area contributed by atoms with Gasteiger partial charge in [0.05, 0.1) is 0 Å². The van der Waals surface area contributed by atoms with Crippen molar-refractivity contribution in [1.29, 1.82) is 0 Å². The van der Waals surface area contributed by atoms with Gasteiger partial charge in [-0.2, -0.15) is 0 Å². The summed E-state index contributed by atoms with van der Waals surface area (Å²) < 4.78 is 0. The number of carbonyl (C=O) groups is 1. The Hall–Kier alpha value is -1.58. The van der Waals surface area contributed by atoms with Crippen molar-refractivity contribution in [2.75, 3.05) is 13.1 Å². The Morgan fingerprint density at radius 2 is 1.75 bits per heavy atom. The molecule has 2 aromatic rings. The summed E-state index contributed by atoms with van der Waals surface area (Å²) in [6, 6.07) is 14.3. The normalized spacial score (nSPS) is 26.7. The Kier molecular flexibility index (Phi) is 3.40. The molecule has 4 rings (SSSR count). The third kappa shape index (κ3) is 2.07. The van der Waals surface area contributed by atoms with E-state index in [1.54, 1.807) is 0 Å². The number of carbonyl (C=O) groups excluding carboxylic acids is 1. The second-order valence-electron chi connectivity index (χ2n) is 5.51. The molecule has 1 amide bonds. The number of piperidine rings is 1. The van der Waals surface area contributed by atoms with Crippen molar-refractivity contribution >= 4 is 29.1 Å². The van der Waals surface area contributed by atoms with Gasteiger partial charge in [-0.15, -0.1) is 12.4 Å². The Balaban J connectivity index is 0.00000121. The fraction of sp³-hybridized carbons (Fsp3) is 0.312. The minimum atomic E-state index is 0. The maximum atomic E-state index is 12.4. The number of benzene rings is 2. The molecule has 1 heterocycles. The fourth-order valence-corrected chi connectivity index (χ4v) is 3.28. The third-order valence-electron chi connectivity index (χ3n) is 4.42. The van der Waals surface area contributed by atoms with Crippen LogP contribution in [0.25, 0.3) is 10.8 Å². The van der Waals surface area contributed by atoms with Crippen molar-refractivity contribution in [3.8, 4) is 0 Å². The molecule has 2 N–H and O–H groups in total. The highest BCUT2D eigenvalue weighted by Gasteiger charge is 2.53. The predicted octanol–water partition coefficient (Wildman–Crippen LogP) is 2.21. The van der Waals surface area contributed by atoms with E-state index in [0.29, 0.717) is 17.9 Å². The summed E-state index contributed by atoms with van der Waals surface area (Å²) in [5.41, 5.74) is 0.788. The van der Waals surface area contributed by atoms with Crippen molar-refractivity contribution in [3.05, 3.63) is 48.0 Å². The lowest BCUT2D eigenvalue weighted by atomic mass is 10.0. The van der Waals surface area contributed by atoms with Crippen LogP contribution >= 0.6 is 12.4 Å². The molecule has 0 spiro atoms. The van der Waals surface area contributed by atoms with E-state index in [1.165, 1.54) is 0 Å². The summed E-state index contributed by atoms with van der Waals surface area (Å²) in [5.74, 6) is 1.37. The van der Waals surface area contributed by atoms with Crippen LogP contribution < -0.4 is 10.6 Å². The molecule has 0 radical (unpaired) electrons. The van der Waals surface area contributed by atoms with Crippen LogP contribution in [0.15, 0.2) is 42.5 Å². The minimum Gasteiger partial charge on any atom is -0.349 e. The highest BCUT2D eigenvalue weighted by atomic mass is 35.5. The lowest BCUT2D eigenvalue weighted by molar-refractivity contribution is 0.0948. The average molecular weight is 289 g/mol. The number of hydrogen-bond acceptors (Lipinski definition) is 2. The molecule has 0 bridgehead atoms. The number of hydrogen-bond donors (Lipinski definition) is 2. The van der Waals surface area contributed by atoms with Crippen LogP contribution in [0.4, 0.5) is 0 Å². The smallest absolute Gasteiger partial charge is 0.252 e. The summed E-state index contributed by atoms with van der Waals surface area (Å²) in [6.45, 7) is 2.09. The van der Waals surface area contributed by atoms with Gasteiger partial charge >= 0.3 is 0 Å². The van der Waals surface area contributed by atoms with Crippen LogP contribution in [0, 0.1) is 11.8 Å². The SMILES string of the molecule is Cl.O=C(NC1C2CNCC21)c1cccc2ccccc12. The van der Waals surface area contributed by atoms with Gasteiger partial charge in [-0.25, -0.2) is 0 Å². The molecular formula is C16H17ClN2O. The Labute approximate surface area is 124 Å². The monoisotopic (exact) mass is 288 g/mol. The summed E-state index contributed by atoms with van der Waals surface area (Å²) in [7, 11) is 0. The van der Waals surface area contributed by atoms with Crippen molar-refractivity contribution < 1.29 is 4.79 Å². The number of halogens is 1. The zero-order valence-corrected chi connectivity index (χ0v) is 11.8. The molecule has 1 saturated heterocycles. The van der Waals surface area contributed by atoms with Gasteiger partial charge in [0.1, 0.15) is 0 Å².